The fraction of sp³-hybridized carbons (Fsp3) is 0.286. The van der Waals surface area contributed by atoms with Crippen molar-refractivity contribution >= 4 is 50.2 Å². The summed E-state index contributed by atoms with van der Waals surface area (Å²) >= 11 is 9.78. The number of hydrogen-bond donors (Lipinski definition) is 0. The van der Waals surface area contributed by atoms with E-state index in [1.165, 1.54) is 4.90 Å². The number of nitrogens with zero attached hydrogens (tertiary/aromatic N) is 2. The van der Waals surface area contributed by atoms with Crippen molar-refractivity contribution in [3.8, 4) is 0 Å². The molecule has 0 atom stereocenters. The number of pyridine rings is 1. The predicted octanol–water partition coefficient (Wildman–Crippen LogP) is 4.63. The minimum absolute atomic E-state index is 0.189. The monoisotopic (exact) mass is 356 g/mol. The second-order valence-electron chi connectivity index (χ2n) is 4.61. The maximum Gasteiger partial charge on any atom is 0.414 e. The van der Waals surface area contributed by atoms with Gasteiger partial charge in [-0.3, -0.25) is 9.88 Å². The summed E-state index contributed by atoms with van der Waals surface area (Å²) < 4.78 is 6.05. The fourth-order valence-electron chi connectivity index (χ4n) is 1.73. The number of fused-ring (bicyclic) bond motifs is 1. The second-order valence-corrected chi connectivity index (χ2v) is 5.90. The molecule has 0 fully saturated rings. The van der Waals surface area contributed by atoms with E-state index in [2.05, 4.69) is 20.9 Å². The topological polar surface area (TPSA) is 42.4 Å². The molecule has 0 spiro atoms. The number of aromatic nitrogens is 1. The first kappa shape index (κ1) is 15.1. The first-order valence-corrected chi connectivity index (χ1v) is 7.25. The Morgan fingerprint density at radius 2 is 2.15 bits per heavy atom. The Labute approximate surface area is 130 Å². The quantitative estimate of drug-likeness (QED) is 0.787. The van der Waals surface area contributed by atoms with Crippen LogP contribution in [0.25, 0.3) is 10.9 Å². The Morgan fingerprint density at radius 3 is 2.80 bits per heavy atom. The van der Waals surface area contributed by atoms with Crippen LogP contribution in [0.3, 0.4) is 0 Å². The molecule has 6 heteroatoms. The van der Waals surface area contributed by atoms with Gasteiger partial charge in [0.05, 0.1) is 28.5 Å². The highest BCUT2D eigenvalue weighted by Crippen LogP contribution is 2.33. The van der Waals surface area contributed by atoms with Crippen molar-refractivity contribution in [1.82, 2.24) is 4.98 Å². The average Bonchev–Trinajstić information content (AvgIpc) is 2.38. The molecule has 0 bridgehead atoms. The summed E-state index contributed by atoms with van der Waals surface area (Å²) in [5.74, 6) is 0. The van der Waals surface area contributed by atoms with Crippen LogP contribution in [0.2, 0.25) is 5.02 Å². The molecule has 2 aromatic rings. The van der Waals surface area contributed by atoms with Crippen LogP contribution >= 0.6 is 27.5 Å². The number of carbonyl (C=O) groups is 1. The summed E-state index contributed by atoms with van der Waals surface area (Å²) in [5.41, 5.74) is 1.29. The molecule has 1 amide bonds. The van der Waals surface area contributed by atoms with E-state index in [9.17, 15) is 4.79 Å². The Kier molecular flexibility index (Phi) is 4.50. The molecule has 1 aromatic carbocycles. The lowest BCUT2D eigenvalue weighted by Gasteiger charge is -2.20. The van der Waals surface area contributed by atoms with Crippen molar-refractivity contribution < 1.29 is 9.53 Å². The van der Waals surface area contributed by atoms with E-state index in [0.29, 0.717) is 10.7 Å². The molecule has 0 aliphatic rings. The molecule has 106 valence electrons. The van der Waals surface area contributed by atoms with Crippen LogP contribution in [0.1, 0.15) is 13.8 Å². The van der Waals surface area contributed by atoms with Crippen LogP contribution < -0.4 is 4.90 Å². The lowest BCUT2D eigenvalue weighted by Crippen LogP contribution is -2.29. The number of benzene rings is 1. The normalized spacial score (nSPS) is 10.9. The fourth-order valence-corrected chi connectivity index (χ4v) is 2.42. The van der Waals surface area contributed by atoms with Crippen LogP contribution in [-0.2, 0) is 4.74 Å². The molecule has 4 nitrogen and oxygen atoms in total. The van der Waals surface area contributed by atoms with E-state index >= 15 is 0 Å². The molecular formula is C14H14BrClN2O2. The molecule has 0 N–H and O–H groups in total. The maximum absolute atomic E-state index is 11.9. The number of amides is 1. The molecule has 20 heavy (non-hydrogen) atoms. The van der Waals surface area contributed by atoms with Crippen molar-refractivity contribution in [3.63, 3.8) is 0 Å². The molecule has 0 radical (unpaired) electrons. The molecule has 0 aliphatic heterocycles. The largest absolute Gasteiger partial charge is 0.446 e. The van der Waals surface area contributed by atoms with E-state index in [-0.39, 0.29) is 6.10 Å². The standard InChI is InChI=1S/C14H14BrClN2O2/c1-8(2)20-14(19)18(3)12-7-17-11-5-4-9(15)6-10(11)13(12)16/h4-8H,1-3H3. The average molecular weight is 358 g/mol. The Bertz CT molecular complexity index is 661. The SMILES string of the molecule is CC(C)OC(=O)N(C)c1cnc2ccc(Br)cc2c1Cl. The van der Waals surface area contributed by atoms with Gasteiger partial charge in [-0.2, -0.15) is 0 Å². The van der Waals surface area contributed by atoms with Crippen LogP contribution in [0.15, 0.2) is 28.9 Å². The van der Waals surface area contributed by atoms with Crippen LogP contribution in [0.5, 0.6) is 0 Å². The van der Waals surface area contributed by atoms with E-state index in [0.717, 1.165) is 15.4 Å². The number of hydrogen-bond acceptors (Lipinski definition) is 3. The number of ether oxygens (including phenoxy) is 1. The Balaban J connectivity index is 2.44. The van der Waals surface area contributed by atoms with Crippen molar-refractivity contribution in [2.45, 2.75) is 20.0 Å². The van der Waals surface area contributed by atoms with Crippen LogP contribution in [0.4, 0.5) is 10.5 Å². The first-order chi connectivity index (χ1) is 9.40. The zero-order chi connectivity index (χ0) is 14.9. The van der Waals surface area contributed by atoms with E-state index in [4.69, 9.17) is 16.3 Å². The number of rotatable bonds is 2. The van der Waals surface area contributed by atoms with Gasteiger partial charge in [-0.25, -0.2) is 4.79 Å². The zero-order valence-corrected chi connectivity index (χ0v) is 13.7. The summed E-state index contributed by atoms with van der Waals surface area (Å²) in [7, 11) is 1.61. The van der Waals surface area contributed by atoms with Gasteiger partial charge >= 0.3 is 6.09 Å². The van der Waals surface area contributed by atoms with Gasteiger partial charge in [-0.05, 0) is 32.0 Å². The highest BCUT2D eigenvalue weighted by atomic mass is 79.9. The van der Waals surface area contributed by atoms with E-state index in [1.807, 2.05) is 18.2 Å². The maximum atomic E-state index is 11.9. The van der Waals surface area contributed by atoms with Gasteiger partial charge in [-0.15, -0.1) is 0 Å². The minimum atomic E-state index is -0.460. The zero-order valence-electron chi connectivity index (χ0n) is 11.4. The van der Waals surface area contributed by atoms with Gasteiger partial charge in [0, 0.05) is 16.9 Å². The van der Waals surface area contributed by atoms with Crippen molar-refractivity contribution in [1.29, 1.82) is 0 Å². The van der Waals surface area contributed by atoms with Crippen LogP contribution in [0, 0.1) is 0 Å². The predicted molar refractivity (Wildman–Crippen MR) is 84.5 cm³/mol. The third kappa shape index (κ3) is 3.04. The van der Waals surface area contributed by atoms with Gasteiger partial charge in [0.2, 0.25) is 0 Å². The first-order valence-electron chi connectivity index (χ1n) is 6.08. The molecule has 0 saturated carbocycles. The van der Waals surface area contributed by atoms with Crippen LogP contribution in [-0.4, -0.2) is 24.2 Å². The van der Waals surface area contributed by atoms with Gasteiger partial charge in [0.15, 0.2) is 0 Å². The number of halogens is 2. The second kappa shape index (κ2) is 5.97. The Morgan fingerprint density at radius 1 is 1.45 bits per heavy atom. The molecule has 0 unspecified atom stereocenters. The van der Waals surface area contributed by atoms with Crippen molar-refractivity contribution in [3.05, 3.63) is 33.9 Å². The van der Waals surface area contributed by atoms with Gasteiger partial charge in [-0.1, -0.05) is 27.5 Å². The molecular weight excluding hydrogens is 344 g/mol. The van der Waals surface area contributed by atoms with Gasteiger partial charge in [0.1, 0.15) is 0 Å². The summed E-state index contributed by atoms with van der Waals surface area (Å²) in [6.07, 6.45) is 0.921. The molecule has 2 rings (SSSR count). The molecule has 0 aliphatic carbocycles. The van der Waals surface area contributed by atoms with Crippen molar-refractivity contribution in [2.75, 3.05) is 11.9 Å². The lowest BCUT2D eigenvalue weighted by molar-refractivity contribution is 0.124. The highest BCUT2D eigenvalue weighted by molar-refractivity contribution is 9.10. The van der Waals surface area contributed by atoms with E-state index in [1.54, 1.807) is 27.1 Å². The summed E-state index contributed by atoms with van der Waals surface area (Å²) in [5, 5.41) is 1.25. The lowest BCUT2D eigenvalue weighted by atomic mass is 10.2. The molecule has 0 saturated heterocycles. The summed E-state index contributed by atoms with van der Waals surface area (Å²) in [6.45, 7) is 3.59. The minimum Gasteiger partial charge on any atom is -0.446 e. The number of anilines is 1. The van der Waals surface area contributed by atoms with Crippen molar-refractivity contribution in [2.24, 2.45) is 0 Å². The molecule has 1 heterocycles. The third-order valence-corrected chi connectivity index (χ3v) is 3.61. The Hall–Kier alpha value is -1.33. The van der Waals surface area contributed by atoms with Gasteiger partial charge < -0.3 is 4.74 Å². The highest BCUT2D eigenvalue weighted by Gasteiger charge is 2.18. The van der Waals surface area contributed by atoms with Gasteiger partial charge in [0.25, 0.3) is 0 Å². The summed E-state index contributed by atoms with van der Waals surface area (Å²) in [6, 6.07) is 5.62. The number of carbonyl (C=O) groups excluding carboxylic acids is 1. The van der Waals surface area contributed by atoms with E-state index < -0.39 is 6.09 Å². The third-order valence-electron chi connectivity index (χ3n) is 2.72. The molecule has 1 aromatic heterocycles. The smallest absolute Gasteiger partial charge is 0.414 e. The summed E-state index contributed by atoms with van der Waals surface area (Å²) in [4.78, 5) is 17.6.